The van der Waals surface area contributed by atoms with Crippen LogP contribution in [0.3, 0.4) is 0 Å². The number of aryl methyl sites for hydroxylation is 1. The number of benzene rings is 1. The van der Waals surface area contributed by atoms with Crippen LogP contribution in [0, 0.1) is 18.2 Å². The predicted octanol–water partition coefficient (Wildman–Crippen LogP) is 3.49. The van der Waals surface area contributed by atoms with Crippen LogP contribution in [0.15, 0.2) is 23.4 Å². The predicted molar refractivity (Wildman–Crippen MR) is 80.7 cm³/mol. The van der Waals surface area contributed by atoms with E-state index in [1.807, 2.05) is 20.8 Å². The Morgan fingerprint density at radius 1 is 1.40 bits per heavy atom. The van der Waals surface area contributed by atoms with Crippen LogP contribution in [-0.2, 0) is 0 Å². The lowest BCUT2D eigenvalue weighted by Crippen LogP contribution is -2.31. The largest absolute Gasteiger partial charge is 0.409 e. The van der Waals surface area contributed by atoms with Crippen LogP contribution in [0.4, 0.5) is 10.1 Å². The molecule has 5 heteroatoms. The van der Waals surface area contributed by atoms with Crippen molar-refractivity contribution in [3.8, 4) is 0 Å². The third-order valence-electron chi connectivity index (χ3n) is 3.54. The molecule has 4 nitrogen and oxygen atoms in total. The molecule has 0 unspecified atom stereocenters. The van der Waals surface area contributed by atoms with Gasteiger partial charge < -0.3 is 16.3 Å². The topological polar surface area (TPSA) is 70.6 Å². The number of nitrogens with one attached hydrogen (secondary N) is 1. The molecule has 0 aliphatic rings. The summed E-state index contributed by atoms with van der Waals surface area (Å²) in [6.07, 6.45) is 2.73. The number of nitrogens with zero attached hydrogens (tertiary/aromatic N) is 1. The second-order valence-electron chi connectivity index (χ2n) is 5.71. The number of halogens is 1. The molecule has 20 heavy (non-hydrogen) atoms. The van der Waals surface area contributed by atoms with E-state index in [1.54, 1.807) is 6.07 Å². The van der Waals surface area contributed by atoms with Gasteiger partial charge in [0.05, 0.1) is 0 Å². The van der Waals surface area contributed by atoms with E-state index in [0.29, 0.717) is 0 Å². The van der Waals surface area contributed by atoms with Crippen molar-refractivity contribution in [3.63, 3.8) is 0 Å². The zero-order chi connectivity index (χ0) is 15.2. The van der Waals surface area contributed by atoms with Crippen LogP contribution in [0.5, 0.6) is 0 Å². The van der Waals surface area contributed by atoms with Gasteiger partial charge in [-0.05, 0) is 37.5 Å². The number of anilines is 1. The van der Waals surface area contributed by atoms with Gasteiger partial charge in [0.1, 0.15) is 11.7 Å². The van der Waals surface area contributed by atoms with Crippen molar-refractivity contribution in [2.24, 2.45) is 16.3 Å². The number of hydrogen-bond donors (Lipinski definition) is 3. The maximum Gasteiger partial charge on any atom is 0.144 e. The van der Waals surface area contributed by atoms with E-state index in [0.717, 1.165) is 37.1 Å². The summed E-state index contributed by atoms with van der Waals surface area (Å²) in [4.78, 5) is 0. The van der Waals surface area contributed by atoms with Gasteiger partial charge in [-0.25, -0.2) is 4.39 Å². The highest BCUT2D eigenvalue weighted by Crippen LogP contribution is 2.23. The fraction of sp³-hybridized carbons (Fsp3) is 0.533. The molecule has 0 heterocycles. The lowest BCUT2D eigenvalue weighted by molar-refractivity contribution is 0.304. The van der Waals surface area contributed by atoms with Crippen molar-refractivity contribution < 1.29 is 9.60 Å². The van der Waals surface area contributed by atoms with Gasteiger partial charge >= 0.3 is 0 Å². The first kappa shape index (κ1) is 16.3. The molecule has 0 spiro atoms. The van der Waals surface area contributed by atoms with E-state index in [9.17, 15) is 4.39 Å². The minimum atomic E-state index is -0.302. The highest BCUT2D eigenvalue weighted by atomic mass is 19.1. The number of unbranched alkanes of at least 4 members (excludes halogenated alkanes) is 1. The molecular formula is C15H24FN3O. The number of nitrogens with two attached hydrogens (primary N) is 1. The Hall–Kier alpha value is -1.78. The van der Waals surface area contributed by atoms with Gasteiger partial charge in [0.2, 0.25) is 0 Å². The standard InChI is InChI=1S/C15H24FN3O/c1-11-6-7-12(16)10-13(11)18-9-5-4-8-15(2,3)14(17)19-20/h6-7,10,18,20H,4-5,8-9H2,1-3H3,(H2,17,19). The molecule has 0 radical (unpaired) electrons. The SMILES string of the molecule is Cc1ccc(F)cc1NCCCCC(C)(C)/C(N)=N/O. The first-order valence-corrected chi connectivity index (χ1v) is 6.85. The van der Waals surface area contributed by atoms with Crippen LogP contribution < -0.4 is 11.1 Å². The lowest BCUT2D eigenvalue weighted by Gasteiger charge is -2.22. The number of hydrogen-bond acceptors (Lipinski definition) is 3. The zero-order valence-corrected chi connectivity index (χ0v) is 12.4. The quantitative estimate of drug-likeness (QED) is 0.235. The third-order valence-corrected chi connectivity index (χ3v) is 3.54. The summed E-state index contributed by atoms with van der Waals surface area (Å²) in [5.74, 6) is 0.0256. The lowest BCUT2D eigenvalue weighted by atomic mass is 9.86. The van der Waals surface area contributed by atoms with Gasteiger partial charge in [-0.3, -0.25) is 0 Å². The first-order chi connectivity index (χ1) is 9.36. The minimum Gasteiger partial charge on any atom is -0.409 e. The Bertz CT molecular complexity index is 472. The molecule has 0 saturated carbocycles. The van der Waals surface area contributed by atoms with Crippen LogP contribution in [0.25, 0.3) is 0 Å². The van der Waals surface area contributed by atoms with Gasteiger partial charge in [-0.2, -0.15) is 0 Å². The Balaban J connectivity index is 2.34. The molecule has 112 valence electrons. The fourth-order valence-corrected chi connectivity index (χ4v) is 1.96. The molecule has 1 aromatic carbocycles. The van der Waals surface area contributed by atoms with Crippen molar-refractivity contribution in [2.45, 2.75) is 40.0 Å². The average Bonchev–Trinajstić information content (AvgIpc) is 2.41. The zero-order valence-electron chi connectivity index (χ0n) is 12.4. The Morgan fingerprint density at radius 2 is 2.10 bits per heavy atom. The minimum absolute atomic E-state index is 0.230. The third kappa shape index (κ3) is 4.72. The molecule has 0 atom stereocenters. The van der Waals surface area contributed by atoms with E-state index < -0.39 is 0 Å². The van der Waals surface area contributed by atoms with E-state index >= 15 is 0 Å². The van der Waals surface area contributed by atoms with E-state index in [4.69, 9.17) is 10.9 Å². The van der Waals surface area contributed by atoms with Crippen molar-refractivity contribution in [1.29, 1.82) is 0 Å². The average molecular weight is 281 g/mol. The second kappa shape index (κ2) is 7.12. The Morgan fingerprint density at radius 3 is 2.75 bits per heavy atom. The van der Waals surface area contributed by atoms with Gasteiger partial charge in [0, 0.05) is 17.6 Å². The van der Waals surface area contributed by atoms with Gasteiger partial charge in [0.15, 0.2) is 0 Å². The highest BCUT2D eigenvalue weighted by molar-refractivity contribution is 5.85. The summed E-state index contributed by atoms with van der Waals surface area (Å²) in [6, 6.07) is 4.73. The summed E-state index contributed by atoms with van der Waals surface area (Å²) in [5.41, 5.74) is 7.20. The van der Waals surface area contributed by atoms with Crippen LogP contribution in [-0.4, -0.2) is 17.6 Å². The van der Waals surface area contributed by atoms with Crippen molar-refractivity contribution in [1.82, 2.24) is 0 Å². The van der Waals surface area contributed by atoms with E-state index in [1.165, 1.54) is 12.1 Å². The van der Waals surface area contributed by atoms with E-state index in [2.05, 4.69) is 10.5 Å². The molecule has 4 N–H and O–H groups in total. The number of rotatable bonds is 7. The van der Waals surface area contributed by atoms with Crippen molar-refractivity contribution in [3.05, 3.63) is 29.6 Å². The fourth-order valence-electron chi connectivity index (χ4n) is 1.96. The summed E-state index contributed by atoms with van der Waals surface area (Å²) in [6.45, 7) is 6.62. The van der Waals surface area contributed by atoms with Crippen LogP contribution >= 0.6 is 0 Å². The van der Waals surface area contributed by atoms with Gasteiger partial charge in [-0.15, -0.1) is 0 Å². The normalized spacial score (nSPS) is 12.5. The van der Waals surface area contributed by atoms with E-state index in [-0.39, 0.29) is 17.1 Å². The first-order valence-electron chi connectivity index (χ1n) is 6.85. The maximum atomic E-state index is 13.1. The molecule has 1 rings (SSSR count). The van der Waals surface area contributed by atoms with Crippen LogP contribution in [0.1, 0.15) is 38.7 Å². The smallest absolute Gasteiger partial charge is 0.144 e. The molecule has 0 fully saturated rings. The van der Waals surface area contributed by atoms with Gasteiger partial charge in [0.25, 0.3) is 0 Å². The molecule has 0 aliphatic heterocycles. The van der Waals surface area contributed by atoms with Gasteiger partial charge in [-0.1, -0.05) is 31.5 Å². The summed E-state index contributed by atoms with van der Waals surface area (Å²) in [7, 11) is 0. The van der Waals surface area contributed by atoms with Crippen molar-refractivity contribution >= 4 is 11.5 Å². The summed E-state index contributed by atoms with van der Waals surface area (Å²) >= 11 is 0. The molecule has 1 aromatic rings. The molecule has 0 bridgehead atoms. The highest BCUT2D eigenvalue weighted by Gasteiger charge is 2.22. The summed E-state index contributed by atoms with van der Waals surface area (Å²) in [5, 5.41) is 15.0. The molecule has 0 aliphatic carbocycles. The second-order valence-corrected chi connectivity index (χ2v) is 5.71. The Labute approximate surface area is 119 Å². The monoisotopic (exact) mass is 281 g/mol. The molecule has 0 amide bonds. The molecular weight excluding hydrogens is 257 g/mol. The van der Waals surface area contributed by atoms with Crippen LogP contribution in [0.2, 0.25) is 0 Å². The maximum absolute atomic E-state index is 13.1. The number of amidine groups is 1. The summed E-state index contributed by atoms with van der Waals surface area (Å²) < 4.78 is 13.1. The van der Waals surface area contributed by atoms with Crippen molar-refractivity contribution in [2.75, 3.05) is 11.9 Å². The number of oxime groups is 1. The molecule has 0 saturated heterocycles. The Kier molecular flexibility index (Phi) is 5.80. The molecule has 0 aromatic heterocycles.